The van der Waals surface area contributed by atoms with Crippen LogP contribution in [0.5, 0.6) is 0 Å². The van der Waals surface area contributed by atoms with Gasteiger partial charge in [-0.1, -0.05) is 67.2 Å². The number of carboxylic acids is 1. The molecular weight excluding hydrogens is 445 g/mol. The third-order valence-electron chi connectivity index (χ3n) is 4.77. The summed E-state index contributed by atoms with van der Waals surface area (Å²) < 4.78 is 0. The molecule has 3 rings (SSSR count). The van der Waals surface area contributed by atoms with Crippen LogP contribution in [0.2, 0.25) is 0 Å². The summed E-state index contributed by atoms with van der Waals surface area (Å²) in [6.07, 6.45) is 0.420. The van der Waals surface area contributed by atoms with Crippen LogP contribution in [0, 0.1) is 5.92 Å². The molecule has 1 N–H and O–H groups in total. The fourth-order valence-electron chi connectivity index (χ4n) is 3.26. The second-order valence-electron chi connectivity index (χ2n) is 7.00. The Balaban J connectivity index is 0.00000320. The molecule has 2 unspecified atom stereocenters. The first-order valence-corrected chi connectivity index (χ1v) is 11.3. The molecule has 1 saturated heterocycles. The fraction of sp³-hybridized carbons (Fsp3) is 0.318. The van der Waals surface area contributed by atoms with Crippen molar-refractivity contribution in [2.45, 2.75) is 29.5 Å². The molecule has 3 atom stereocenters. The Morgan fingerprint density at radius 1 is 1.07 bits per heavy atom. The number of rotatable bonds is 7. The normalized spacial score (nSPS) is 19.0. The van der Waals surface area contributed by atoms with Crippen molar-refractivity contribution in [3.05, 3.63) is 66.2 Å². The van der Waals surface area contributed by atoms with Gasteiger partial charge in [0.05, 0.1) is 0 Å². The molecule has 0 aliphatic carbocycles. The van der Waals surface area contributed by atoms with Crippen molar-refractivity contribution in [1.82, 2.24) is 4.90 Å². The zero-order valence-electron chi connectivity index (χ0n) is 16.1. The Morgan fingerprint density at radius 2 is 1.67 bits per heavy atom. The molecule has 1 heterocycles. The van der Waals surface area contributed by atoms with Crippen molar-refractivity contribution in [3.8, 4) is 0 Å². The quantitative estimate of drug-likeness (QED) is 0.627. The Bertz CT molecular complexity index is 866. The SMILES string of the molecule is CC(CSC(=O)c1ccccc1)C(=O)N1CC(Sc2ccccc2)C[C@H]1C(=O)O.[KH]. The van der Waals surface area contributed by atoms with Gasteiger partial charge in [-0.25, -0.2) is 4.79 Å². The molecule has 154 valence electrons. The molecule has 1 aliphatic heterocycles. The van der Waals surface area contributed by atoms with E-state index in [1.54, 1.807) is 43.0 Å². The number of likely N-dealkylation sites (tertiary alicyclic amines) is 1. The molecule has 2 aromatic carbocycles. The topological polar surface area (TPSA) is 74.7 Å². The summed E-state index contributed by atoms with van der Waals surface area (Å²) in [6.45, 7) is 2.15. The summed E-state index contributed by atoms with van der Waals surface area (Å²) in [6, 6.07) is 17.9. The van der Waals surface area contributed by atoms with Crippen LogP contribution in [0.3, 0.4) is 0 Å². The molecule has 1 aliphatic rings. The van der Waals surface area contributed by atoms with Gasteiger partial charge < -0.3 is 10.0 Å². The van der Waals surface area contributed by atoms with Crippen LogP contribution < -0.4 is 0 Å². The molecule has 1 amide bonds. The van der Waals surface area contributed by atoms with Crippen LogP contribution in [0.25, 0.3) is 0 Å². The predicted molar refractivity (Wildman–Crippen MR) is 123 cm³/mol. The Morgan fingerprint density at radius 3 is 2.27 bits per heavy atom. The van der Waals surface area contributed by atoms with E-state index in [-0.39, 0.29) is 67.7 Å². The van der Waals surface area contributed by atoms with E-state index >= 15 is 0 Å². The number of thioether (sulfide) groups is 2. The maximum atomic E-state index is 12.9. The van der Waals surface area contributed by atoms with E-state index in [1.165, 1.54) is 4.90 Å². The van der Waals surface area contributed by atoms with Crippen molar-refractivity contribution in [2.75, 3.05) is 12.3 Å². The summed E-state index contributed by atoms with van der Waals surface area (Å²) in [7, 11) is 0. The third kappa shape index (κ3) is 6.95. The molecule has 0 saturated carbocycles. The van der Waals surface area contributed by atoms with Gasteiger partial charge >= 0.3 is 57.4 Å². The molecule has 0 radical (unpaired) electrons. The average molecular weight is 470 g/mol. The first-order valence-electron chi connectivity index (χ1n) is 9.43. The minimum atomic E-state index is -0.977. The van der Waals surface area contributed by atoms with Gasteiger partial charge in [0, 0.05) is 33.9 Å². The number of carbonyl (C=O) groups excluding carboxylic acids is 2. The van der Waals surface area contributed by atoms with Gasteiger partial charge in [0.2, 0.25) is 11.0 Å². The molecular formula is C22H24KNO4S2. The second kappa shape index (κ2) is 12.4. The number of amides is 1. The number of carboxylic acid groups (broad SMARTS) is 1. The van der Waals surface area contributed by atoms with Gasteiger partial charge in [-0.15, -0.1) is 11.8 Å². The number of hydrogen-bond donors (Lipinski definition) is 1. The summed E-state index contributed by atoms with van der Waals surface area (Å²) in [5.74, 6) is -1.29. The van der Waals surface area contributed by atoms with Gasteiger partial charge in [0.15, 0.2) is 0 Å². The van der Waals surface area contributed by atoms with Crippen LogP contribution in [0.4, 0.5) is 0 Å². The molecule has 2 aromatic rings. The van der Waals surface area contributed by atoms with Crippen molar-refractivity contribution >= 4 is 91.9 Å². The second-order valence-corrected chi connectivity index (χ2v) is 9.37. The van der Waals surface area contributed by atoms with Crippen LogP contribution >= 0.6 is 23.5 Å². The molecule has 8 heteroatoms. The average Bonchev–Trinajstić information content (AvgIpc) is 3.16. The fourth-order valence-corrected chi connectivity index (χ4v) is 5.32. The number of carbonyl (C=O) groups is 3. The summed E-state index contributed by atoms with van der Waals surface area (Å²) in [5, 5.41) is 9.55. The zero-order chi connectivity index (χ0) is 20.8. The van der Waals surface area contributed by atoms with Gasteiger partial charge in [0.25, 0.3) is 0 Å². The molecule has 1 fully saturated rings. The van der Waals surface area contributed by atoms with E-state index in [2.05, 4.69) is 0 Å². The van der Waals surface area contributed by atoms with Crippen molar-refractivity contribution < 1.29 is 19.5 Å². The van der Waals surface area contributed by atoms with Crippen LogP contribution in [-0.4, -0.2) is 102 Å². The number of aliphatic carboxylic acids is 1. The Labute approximate surface area is 227 Å². The van der Waals surface area contributed by atoms with Gasteiger partial charge in [0.1, 0.15) is 6.04 Å². The minimum absolute atomic E-state index is 0. The van der Waals surface area contributed by atoms with E-state index in [4.69, 9.17) is 0 Å². The van der Waals surface area contributed by atoms with Crippen LogP contribution in [-0.2, 0) is 9.59 Å². The monoisotopic (exact) mass is 469 g/mol. The Kier molecular flexibility index (Phi) is 10.6. The summed E-state index contributed by atoms with van der Waals surface area (Å²) >= 11 is 2.70. The van der Waals surface area contributed by atoms with Gasteiger partial charge in [-0.2, -0.15) is 0 Å². The standard InChI is InChI=1S/C22H23NO4S2.K.H/c1-15(14-28-22(27)16-8-4-2-5-9-16)20(24)23-13-18(12-19(23)21(25)26)29-17-10-6-3-7-11-17;;/h2-11,15,18-19H,12-14H2,1H3,(H,25,26);;/t15?,18?,19-;;/m0../s1. The molecule has 0 spiro atoms. The molecule has 30 heavy (non-hydrogen) atoms. The summed E-state index contributed by atoms with van der Waals surface area (Å²) in [4.78, 5) is 39.5. The molecule has 0 aromatic heterocycles. The molecule has 5 nitrogen and oxygen atoms in total. The van der Waals surface area contributed by atoms with E-state index < -0.39 is 17.9 Å². The van der Waals surface area contributed by atoms with E-state index in [0.717, 1.165) is 16.7 Å². The first kappa shape index (κ1) is 25.6. The zero-order valence-corrected chi connectivity index (χ0v) is 17.7. The van der Waals surface area contributed by atoms with Gasteiger partial charge in [-0.05, 0) is 18.6 Å². The summed E-state index contributed by atoms with van der Waals surface area (Å²) in [5.41, 5.74) is 0.598. The molecule has 0 bridgehead atoms. The maximum absolute atomic E-state index is 12.9. The Hall–Kier alpha value is -0.614. The van der Waals surface area contributed by atoms with Crippen LogP contribution in [0.15, 0.2) is 65.6 Å². The van der Waals surface area contributed by atoms with Crippen molar-refractivity contribution in [1.29, 1.82) is 0 Å². The van der Waals surface area contributed by atoms with Gasteiger partial charge in [-0.3, -0.25) is 9.59 Å². The number of hydrogen-bond acceptors (Lipinski definition) is 5. The predicted octanol–water partition coefficient (Wildman–Crippen LogP) is 3.39. The first-order chi connectivity index (χ1) is 14.0. The van der Waals surface area contributed by atoms with E-state index in [1.807, 2.05) is 36.4 Å². The van der Waals surface area contributed by atoms with Crippen molar-refractivity contribution in [2.24, 2.45) is 5.92 Å². The van der Waals surface area contributed by atoms with Crippen LogP contribution in [0.1, 0.15) is 23.7 Å². The van der Waals surface area contributed by atoms with Crippen molar-refractivity contribution in [3.63, 3.8) is 0 Å². The van der Waals surface area contributed by atoms with E-state index in [0.29, 0.717) is 24.3 Å². The number of nitrogens with zero attached hydrogens (tertiary/aromatic N) is 1. The number of benzene rings is 2. The van der Waals surface area contributed by atoms with E-state index in [9.17, 15) is 19.5 Å². The third-order valence-corrected chi connectivity index (χ3v) is 7.16.